The summed E-state index contributed by atoms with van der Waals surface area (Å²) in [6.45, 7) is 2.14. The van der Waals surface area contributed by atoms with Crippen molar-refractivity contribution in [3.05, 3.63) is 131 Å². The van der Waals surface area contributed by atoms with Gasteiger partial charge >= 0.3 is 0 Å². The van der Waals surface area contributed by atoms with E-state index in [0.29, 0.717) is 0 Å². The van der Waals surface area contributed by atoms with E-state index in [2.05, 4.69) is 61.5 Å². The molecule has 0 aliphatic carbocycles. The third kappa shape index (κ3) is 2.66. The van der Waals surface area contributed by atoms with Gasteiger partial charge in [0.2, 0.25) is 0 Å². The quantitative estimate of drug-likeness (QED) is 0.201. The summed E-state index contributed by atoms with van der Waals surface area (Å²) >= 11 is 0. The van der Waals surface area contributed by atoms with Gasteiger partial charge in [0, 0.05) is 5.41 Å². The van der Waals surface area contributed by atoms with Crippen LogP contribution in [0.25, 0.3) is 32.3 Å². The number of hydrogen-bond acceptors (Lipinski definition) is 0. The van der Waals surface area contributed by atoms with E-state index in [1.54, 1.807) is 0 Å². The summed E-state index contributed by atoms with van der Waals surface area (Å²) in [5.74, 6) is -0.545. The van der Waals surface area contributed by atoms with Gasteiger partial charge in [-0.05, 0) is 80.2 Å². The lowest BCUT2D eigenvalue weighted by Gasteiger charge is -2.33. The lowest BCUT2D eigenvalue weighted by Crippen LogP contribution is -2.26. The molecule has 6 rings (SSSR count). The molecular formula is C30H20F2. The molecule has 0 saturated carbocycles. The summed E-state index contributed by atoms with van der Waals surface area (Å²) in [6.07, 6.45) is 0. The van der Waals surface area contributed by atoms with E-state index in [0.717, 1.165) is 22.1 Å². The average Bonchev–Trinajstić information content (AvgIpc) is 2.83. The molecular weight excluding hydrogens is 398 g/mol. The van der Waals surface area contributed by atoms with Crippen LogP contribution >= 0.6 is 0 Å². The molecule has 0 aromatic heterocycles. The Hall–Kier alpha value is -3.78. The second kappa shape index (κ2) is 6.86. The highest BCUT2D eigenvalue weighted by atomic mass is 19.1. The Labute approximate surface area is 185 Å². The number of rotatable bonds is 3. The average molecular weight is 418 g/mol. The van der Waals surface area contributed by atoms with Gasteiger partial charge < -0.3 is 0 Å². The molecule has 0 nitrogen and oxygen atoms in total. The molecule has 6 aromatic rings. The predicted molar refractivity (Wildman–Crippen MR) is 129 cm³/mol. The Bertz CT molecular complexity index is 1520. The van der Waals surface area contributed by atoms with Gasteiger partial charge in [0.05, 0.1) is 0 Å². The van der Waals surface area contributed by atoms with Gasteiger partial charge in [0.1, 0.15) is 11.6 Å². The van der Waals surface area contributed by atoms with E-state index in [1.807, 2.05) is 24.3 Å². The maximum absolute atomic E-state index is 13.8. The van der Waals surface area contributed by atoms with E-state index >= 15 is 0 Å². The van der Waals surface area contributed by atoms with Crippen LogP contribution in [-0.2, 0) is 5.41 Å². The maximum atomic E-state index is 13.8. The minimum Gasteiger partial charge on any atom is -0.207 e. The molecule has 0 amide bonds. The fraction of sp³-hybridized carbons (Fsp3) is 0.0667. The van der Waals surface area contributed by atoms with Gasteiger partial charge in [-0.2, -0.15) is 0 Å². The molecule has 0 aliphatic heterocycles. The van der Waals surface area contributed by atoms with Gasteiger partial charge in [-0.15, -0.1) is 0 Å². The van der Waals surface area contributed by atoms with Crippen LogP contribution in [-0.4, -0.2) is 0 Å². The first-order chi connectivity index (χ1) is 15.6. The van der Waals surface area contributed by atoms with E-state index in [9.17, 15) is 8.78 Å². The summed E-state index contributed by atoms with van der Waals surface area (Å²) in [4.78, 5) is 0. The Kier molecular flexibility index (Phi) is 4.06. The number of hydrogen-bond donors (Lipinski definition) is 0. The van der Waals surface area contributed by atoms with Crippen molar-refractivity contribution in [3.8, 4) is 0 Å². The van der Waals surface area contributed by atoms with Crippen molar-refractivity contribution < 1.29 is 8.78 Å². The molecule has 0 fully saturated rings. The minimum atomic E-state index is -0.594. The summed E-state index contributed by atoms with van der Waals surface area (Å²) in [5.41, 5.74) is 2.44. The molecule has 2 heteroatoms. The van der Waals surface area contributed by atoms with Crippen LogP contribution < -0.4 is 0 Å². The molecule has 0 aliphatic rings. The first kappa shape index (κ1) is 18.9. The van der Waals surface area contributed by atoms with Crippen molar-refractivity contribution >= 4 is 32.3 Å². The third-order valence-corrected chi connectivity index (χ3v) is 6.91. The van der Waals surface area contributed by atoms with Crippen LogP contribution in [0.15, 0.2) is 103 Å². The van der Waals surface area contributed by atoms with Crippen LogP contribution in [0, 0.1) is 11.6 Å². The third-order valence-electron chi connectivity index (χ3n) is 6.91. The Balaban J connectivity index is 1.74. The van der Waals surface area contributed by atoms with Crippen molar-refractivity contribution in [1.82, 2.24) is 0 Å². The zero-order chi connectivity index (χ0) is 21.9. The molecule has 0 spiro atoms. The Morgan fingerprint density at radius 2 is 0.969 bits per heavy atom. The largest absolute Gasteiger partial charge is 0.207 e. The fourth-order valence-corrected chi connectivity index (χ4v) is 5.22. The Morgan fingerprint density at radius 3 is 1.53 bits per heavy atom. The molecule has 0 radical (unpaired) electrons. The molecule has 0 unspecified atom stereocenters. The Morgan fingerprint density at radius 1 is 0.500 bits per heavy atom. The molecule has 154 valence electrons. The molecule has 0 N–H and O–H groups in total. The standard InChI is InChI=1S/C30H20F2/c1-30(22-9-13-24(31)14-10-22,23-11-15-25(32)16-12-23)27-18-8-21-6-5-19-3-2-4-20-7-17-26(27)29(21)28(19)20/h2-18H,1H3. The first-order valence-corrected chi connectivity index (χ1v) is 10.7. The molecule has 0 atom stereocenters. The maximum Gasteiger partial charge on any atom is 0.123 e. The van der Waals surface area contributed by atoms with E-state index in [4.69, 9.17) is 0 Å². The predicted octanol–water partition coefficient (Wildman–Crippen LogP) is 8.22. The van der Waals surface area contributed by atoms with Crippen LogP contribution in [0.2, 0.25) is 0 Å². The highest BCUT2D eigenvalue weighted by Crippen LogP contribution is 2.45. The summed E-state index contributed by atoms with van der Waals surface area (Å²) < 4.78 is 27.6. The van der Waals surface area contributed by atoms with Gasteiger partial charge in [-0.3, -0.25) is 0 Å². The molecule has 6 aromatic carbocycles. The SMILES string of the molecule is CC(c1ccc(F)cc1)(c1ccc(F)cc1)c1ccc2ccc3cccc4ccc1c2c34. The van der Waals surface area contributed by atoms with Gasteiger partial charge in [0.25, 0.3) is 0 Å². The lowest BCUT2D eigenvalue weighted by molar-refractivity contribution is 0.618. The minimum absolute atomic E-state index is 0.273. The van der Waals surface area contributed by atoms with E-state index in [-0.39, 0.29) is 11.6 Å². The second-order valence-corrected chi connectivity index (χ2v) is 8.61. The highest BCUT2D eigenvalue weighted by Gasteiger charge is 2.33. The summed E-state index contributed by atoms with van der Waals surface area (Å²) in [7, 11) is 0. The monoisotopic (exact) mass is 418 g/mol. The fourth-order valence-electron chi connectivity index (χ4n) is 5.22. The van der Waals surface area contributed by atoms with Gasteiger partial charge in [-0.25, -0.2) is 8.78 Å². The smallest absolute Gasteiger partial charge is 0.123 e. The van der Waals surface area contributed by atoms with Crippen LogP contribution in [0.4, 0.5) is 8.78 Å². The zero-order valence-corrected chi connectivity index (χ0v) is 17.6. The lowest BCUT2D eigenvalue weighted by atomic mass is 9.69. The van der Waals surface area contributed by atoms with Gasteiger partial charge in [-0.1, -0.05) is 78.9 Å². The van der Waals surface area contributed by atoms with Crippen LogP contribution in [0.1, 0.15) is 23.6 Å². The van der Waals surface area contributed by atoms with Crippen LogP contribution in [0.3, 0.4) is 0 Å². The van der Waals surface area contributed by atoms with Crippen LogP contribution in [0.5, 0.6) is 0 Å². The van der Waals surface area contributed by atoms with Crippen molar-refractivity contribution in [2.45, 2.75) is 12.3 Å². The highest BCUT2D eigenvalue weighted by molar-refractivity contribution is 6.23. The summed E-state index contributed by atoms with van der Waals surface area (Å²) in [6, 6.07) is 32.7. The normalized spacial score (nSPS) is 12.2. The molecule has 0 saturated heterocycles. The number of halogens is 2. The van der Waals surface area contributed by atoms with E-state index < -0.39 is 5.41 Å². The molecule has 0 heterocycles. The van der Waals surface area contributed by atoms with Crippen molar-refractivity contribution in [3.63, 3.8) is 0 Å². The van der Waals surface area contributed by atoms with E-state index in [1.165, 1.54) is 51.2 Å². The second-order valence-electron chi connectivity index (χ2n) is 8.61. The first-order valence-electron chi connectivity index (χ1n) is 10.7. The number of benzene rings is 6. The van der Waals surface area contributed by atoms with Gasteiger partial charge in [0.15, 0.2) is 0 Å². The molecule has 32 heavy (non-hydrogen) atoms. The van der Waals surface area contributed by atoms with Crippen molar-refractivity contribution in [2.24, 2.45) is 0 Å². The topological polar surface area (TPSA) is 0 Å². The summed E-state index contributed by atoms with van der Waals surface area (Å²) in [5, 5.41) is 7.25. The molecule has 0 bridgehead atoms. The van der Waals surface area contributed by atoms with Crippen molar-refractivity contribution in [2.75, 3.05) is 0 Å². The van der Waals surface area contributed by atoms with Crippen molar-refractivity contribution in [1.29, 1.82) is 0 Å². The zero-order valence-electron chi connectivity index (χ0n) is 17.6.